The van der Waals surface area contributed by atoms with E-state index in [1.54, 1.807) is 20.8 Å². The van der Waals surface area contributed by atoms with Gasteiger partial charge in [0.15, 0.2) is 9.84 Å². The molecule has 0 aromatic carbocycles. The lowest BCUT2D eigenvalue weighted by atomic mass is 9.72. The first-order valence-corrected chi connectivity index (χ1v) is 8.28. The van der Waals surface area contributed by atoms with Crippen molar-refractivity contribution in [1.29, 1.82) is 0 Å². The lowest BCUT2D eigenvalue weighted by Gasteiger charge is -2.38. The molecule has 1 fully saturated rings. The van der Waals surface area contributed by atoms with E-state index in [1.807, 2.05) is 0 Å². The highest BCUT2D eigenvalue weighted by molar-refractivity contribution is 7.92. The monoisotopic (exact) mass is 278 g/mol. The molecule has 0 aromatic heterocycles. The summed E-state index contributed by atoms with van der Waals surface area (Å²) in [6.07, 6.45) is 2.96. The lowest BCUT2D eigenvalue weighted by Crippen LogP contribution is -2.37. The van der Waals surface area contributed by atoms with E-state index in [1.165, 1.54) is 0 Å². The van der Waals surface area contributed by atoms with Gasteiger partial charge in [0.25, 0.3) is 0 Å². The number of sulfone groups is 1. The fourth-order valence-corrected chi connectivity index (χ4v) is 3.67. The quantitative estimate of drug-likeness (QED) is 0.817. The van der Waals surface area contributed by atoms with Gasteiger partial charge >= 0.3 is 0 Å². The first kappa shape index (κ1) is 15.9. The van der Waals surface area contributed by atoms with Gasteiger partial charge in [-0.3, -0.25) is 0 Å². The van der Waals surface area contributed by atoms with Gasteiger partial charge in [0.05, 0.1) is 16.6 Å². The third-order valence-corrected chi connectivity index (χ3v) is 6.79. The predicted octanol–water partition coefficient (Wildman–Crippen LogP) is 1.50. The smallest absolute Gasteiger partial charge is 0.155 e. The normalized spacial score (nSPS) is 30.4. The van der Waals surface area contributed by atoms with Gasteiger partial charge < -0.3 is 10.2 Å². The second-order valence-electron chi connectivity index (χ2n) is 6.57. The Morgan fingerprint density at radius 1 is 1.22 bits per heavy atom. The highest BCUT2D eigenvalue weighted by Gasteiger charge is 2.37. The molecule has 0 atom stereocenters. The largest absolute Gasteiger partial charge is 0.396 e. The third-order valence-electron chi connectivity index (χ3n) is 4.19. The summed E-state index contributed by atoms with van der Waals surface area (Å²) in [5.41, 5.74) is -0.308. The van der Waals surface area contributed by atoms with Crippen LogP contribution in [0.15, 0.2) is 0 Å². The molecule has 0 unspecified atom stereocenters. The standard InChI is InChI=1S/C13H26O4S/c1-12(2,3)18(16,17)9-8-13(10-14)6-4-11(15)5-7-13/h11,14-15H,4-10H2,1-3H3. The van der Waals surface area contributed by atoms with E-state index in [2.05, 4.69) is 0 Å². The average Bonchev–Trinajstić information content (AvgIpc) is 2.28. The van der Waals surface area contributed by atoms with Crippen molar-refractivity contribution in [2.75, 3.05) is 12.4 Å². The molecule has 2 N–H and O–H groups in total. The fraction of sp³-hybridized carbons (Fsp3) is 1.00. The Labute approximate surface area is 110 Å². The van der Waals surface area contributed by atoms with E-state index in [-0.39, 0.29) is 23.9 Å². The maximum absolute atomic E-state index is 12.1. The Hall–Kier alpha value is -0.130. The van der Waals surface area contributed by atoms with Crippen LogP contribution in [0.1, 0.15) is 52.9 Å². The molecule has 1 aliphatic rings. The molecule has 4 nitrogen and oxygen atoms in total. The molecule has 0 saturated heterocycles. The van der Waals surface area contributed by atoms with Gasteiger partial charge in [-0.2, -0.15) is 0 Å². The second kappa shape index (κ2) is 5.47. The van der Waals surface area contributed by atoms with Crippen LogP contribution in [0.25, 0.3) is 0 Å². The maximum Gasteiger partial charge on any atom is 0.155 e. The number of aliphatic hydroxyl groups excluding tert-OH is 2. The molecule has 0 aromatic rings. The van der Waals surface area contributed by atoms with E-state index in [0.29, 0.717) is 32.1 Å². The minimum Gasteiger partial charge on any atom is -0.396 e. The summed E-state index contributed by atoms with van der Waals surface area (Å²) in [4.78, 5) is 0. The Morgan fingerprint density at radius 2 is 1.72 bits per heavy atom. The van der Waals surface area contributed by atoms with Crippen LogP contribution in [0.5, 0.6) is 0 Å². The van der Waals surface area contributed by atoms with Gasteiger partial charge in [0.1, 0.15) is 0 Å². The van der Waals surface area contributed by atoms with Crippen LogP contribution in [0.3, 0.4) is 0 Å². The lowest BCUT2D eigenvalue weighted by molar-refractivity contribution is 0.0221. The zero-order valence-electron chi connectivity index (χ0n) is 11.6. The molecule has 0 amide bonds. The number of hydrogen-bond donors (Lipinski definition) is 2. The van der Waals surface area contributed by atoms with Crippen molar-refractivity contribution in [2.45, 2.75) is 63.7 Å². The van der Waals surface area contributed by atoms with Crippen LogP contribution < -0.4 is 0 Å². The summed E-state index contributed by atoms with van der Waals surface area (Å²) in [5, 5.41) is 19.0. The SMILES string of the molecule is CC(C)(C)S(=O)(=O)CCC1(CO)CCC(O)CC1. The van der Waals surface area contributed by atoms with Crippen LogP contribution in [0, 0.1) is 5.41 Å². The summed E-state index contributed by atoms with van der Waals surface area (Å²) in [7, 11) is -3.13. The first-order valence-electron chi connectivity index (χ1n) is 6.63. The molecule has 0 bridgehead atoms. The van der Waals surface area contributed by atoms with Crippen LogP contribution in [0.4, 0.5) is 0 Å². The van der Waals surface area contributed by atoms with E-state index in [9.17, 15) is 18.6 Å². The number of hydrogen-bond acceptors (Lipinski definition) is 4. The van der Waals surface area contributed by atoms with Crippen LogP contribution in [-0.4, -0.2) is 41.8 Å². The summed E-state index contributed by atoms with van der Waals surface area (Å²) in [6.45, 7) is 5.13. The second-order valence-corrected chi connectivity index (χ2v) is 9.43. The van der Waals surface area contributed by atoms with Crippen molar-refractivity contribution in [3.63, 3.8) is 0 Å². The van der Waals surface area contributed by atoms with Crippen molar-refractivity contribution in [3.8, 4) is 0 Å². The van der Waals surface area contributed by atoms with E-state index in [4.69, 9.17) is 0 Å². The molecular weight excluding hydrogens is 252 g/mol. The molecule has 18 heavy (non-hydrogen) atoms. The molecule has 1 rings (SSSR count). The molecule has 0 spiro atoms. The third kappa shape index (κ3) is 3.68. The van der Waals surface area contributed by atoms with Gasteiger partial charge in [0.2, 0.25) is 0 Å². The molecule has 0 aliphatic heterocycles. The molecule has 0 heterocycles. The minimum atomic E-state index is -3.13. The Balaban J connectivity index is 2.66. The molecule has 108 valence electrons. The van der Waals surface area contributed by atoms with Crippen molar-refractivity contribution in [1.82, 2.24) is 0 Å². The zero-order chi connectivity index (χ0) is 14.0. The summed E-state index contributed by atoms with van der Waals surface area (Å²) >= 11 is 0. The topological polar surface area (TPSA) is 74.6 Å². The highest BCUT2D eigenvalue weighted by Crippen LogP contribution is 2.39. The first-order chi connectivity index (χ1) is 8.12. The molecular formula is C13H26O4S. The van der Waals surface area contributed by atoms with E-state index >= 15 is 0 Å². The zero-order valence-corrected chi connectivity index (χ0v) is 12.5. The van der Waals surface area contributed by atoms with Gasteiger partial charge in [-0.1, -0.05) is 0 Å². The predicted molar refractivity (Wildman–Crippen MR) is 72.2 cm³/mol. The highest BCUT2D eigenvalue weighted by atomic mass is 32.2. The Bertz CT molecular complexity index is 359. The van der Waals surface area contributed by atoms with E-state index in [0.717, 1.165) is 0 Å². The average molecular weight is 278 g/mol. The van der Waals surface area contributed by atoms with Gasteiger partial charge in [0, 0.05) is 6.61 Å². The minimum absolute atomic E-state index is 0.0133. The molecule has 0 radical (unpaired) electrons. The van der Waals surface area contributed by atoms with Crippen LogP contribution in [0.2, 0.25) is 0 Å². The van der Waals surface area contributed by atoms with Crippen molar-refractivity contribution < 1.29 is 18.6 Å². The van der Waals surface area contributed by atoms with Crippen LogP contribution >= 0.6 is 0 Å². The summed E-state index contributed by atoms with van der Waals surface area (Å²) < 4.78 is 23.4. The van der Waals surface area contributed by atoms with Crippen molar-refractivity contribution in [3.05, 3.63) is 0 Å². The summed E-state index contributed by atoms with van der Waals surface area (Å²) in [6, 6.07) is 0. The molecule has 5 heteroatoms. The Kier molecular flexibility index (Phi) is 4.84. The van der Waals surface area contributed by atoms with Gasteiger partial charge in [-0.15, -0.1) is 0 Å². The Morgan fingerprint density at radius 3 is 2.11 bits per heavy atom. The van der Waals surface area contributed by atoms with Gasteiger partial charge in [-0.25, -0.2) is 8.42 Å². The van der Waals surface area contributed by atoms with Crippen LogP contribution in [-0.2, 0) is 9.84 Å². The maximum atomic E-state index is 12.1. The molecule has 1 saturated carbocycles. The van der Waals surface area contributed by atoms with Crippen molar-refractivity contribution >= 4 is 9.84 Å². The van der Waals surface area contributed by atoms with Gasteiger partial charge in [-0.05, 0) is 58.3 Å². The number of aliphatic hydroxyl groups is 2. The summed E-state index contributed by atoms with van der Waals surface area (Å²) in [5.74, 6) is 0.118. The van der Waals surface area contributed by atoms with E-state index < -0.39 is 14.6 Å². The fourth-order valence-electron chi connectivity index (χ4n) is 2.36. The van der Waals surface area contributed by atoms with Crippen molar-refractivity contribution in [2.24, 2.45) is 5.41 Å². The molecule has 1 aliphatic carbocycles. The number of rotatable bonds is 4.